The molecule has 0 aliphatic heterocycles. The van der Waals surface area contributed by atoms with Gasteiger partial charge in [-0.3, -0.25) is 9.48 Å². The summed E-state index contributed by atoms with van der Waals surface area (Å²) < 4.78 is 21.0. The van der Waals surface area contributed by atoms with Crippen LogP contribution in [0.15, 0.2) is 29.4 Å². The molecular formula is C20H26N4O4S. The lowest BCUT2D eigenvalue weighted by Gasteiger charge is -2.10. The van der Waals surface area contributed by atoms with E-state index in [2.05, 4.69) is 10.1 Å². The van der Waals surface area contributed by atoms with Crippen molar-refractivity contribution in [3.63, 3.8) is 0 Å². The molecule has 0 spiro atoms. The molecule has 9 heteroatoms. The molecular weight excluding hydrogens is 392 g/mol. The number of carbonyl (C=O) groups excluding carboxylic acids is 1. The van der Waals surface area contributed by atoms with E-state index in [1.807, 2.05) is 37.5 Å². The van der Waals surface area contributed by atoms with Gasteiger partial charge in [0, 0.05) is 37.5 Å². The van der Waals surface area contributed by atoms with Crippen LogP contribution in [0, 0.1) is 0 Å². The number of fused-ring (bicyclic) bond motifs is 1. The lowest BCUT2D eigenvalue weighted by Crippen LogP contribution is -2.21. The highest BCUT2D eigenvalue weighted by atomic mass is 32.1. The molecule has 1 amide bonds. The van der Waals surface area contributed by atoms with Gasteiger partial charge in [0.25, 0.3) is 5.91 Å². The van der Waals surface area contributed by atoms with Crippen molar-refractivity contribution < 1.29 is 19.0 Å². The number of hydrogen-bond acceptors (Lipinski definition) is 6. The van der Waals surface area contributed by atoms with Crippen LogP contribution in [0.2, 0.25) is 0 Å². The van der Waals surface area contributed by atoms with Crippen molar-refractivity contribution in [2.75, 3.05) is 27.4 Å². The van der Waals surface area contributed by atoms with Crippen molar-refractivity contribution >= 4 is 27.5 Å². The number of ether oxygens (including phenoxy) is 3. The fourth-order valence-corrected chi connectivity index (χ4v) is 4.10. The Bertz CT molecular complexity index is 1060. The van der Waals surface area contributed by atoms with Gasteiger partial charge in [-0.15, -0.1) is 0 Å². The first-order chi connectivity index (χ1) is 14.0. The Balaban J connectivity index is 2.14. The quantitative estimate of drug-likeness (QED) is 0.525. The Hall–Kier alpha value is -2.65. The van der Waals surface area contributed by atoms with Crippen molar-refractivity contribution in [1.29, 1.82) is 0 Å². The number of hydrogen-bond donors (Lipinski definition) is 0. The Kier molecular flexibility index (Phi) is 6.71. The molecule has 0 fully saturated rings. The Labute approximate surface area is 173 Å². The molecule has 0 atom stereocenters. The van der Waals surface area contributed by atoms with E-state index in [9.17, 15) is 4.79 Å². The summed E-state index contributed by atoms with van der Waals surface area (Å²) in [6, 6.07) is 5.56. The van der Waals surface area contributed by atoms with E-state index in [0.29, 0.717) is 41.8 Å². The molecule has 2 aromatic heterocycles. The monoisotopic (exact) mass is 418 g/mol. The van der Waals surface area contributed by atoms with Gasteiger partial charge in [0.1, 0.15) is 5.69 Å². The minimum atomic E-state index is -0.327. The molecule has 29 heavy (non-hydrogen) atoms. The molecule has 1 aromatic carbocycles. The van der Waals surface area contributed by atoms with Crippen LogP contribution in [0.3, 0.4) is 0 Å². The third-order valence-electron chi connectivity index (χ3n) is 4.43. The molecule has 8 nitrogen and oxygen atoms in total. The average Bonchev–Trinajstić information content (AvgIpc) is 3.32. The van der Waals surface area contributed by atoms with E-state index >= 15 is 0 Å². The molecule has 0 saturated carbocycles. The van der Waals surface area contributed by atoms with E-state index < -0.39 is 0 Å². The predicted molar refractivity (Wildman–Crippen MR) is 112 cm³/mol. The van der Waals surface area contributed by atoms with Crippen molar-refractivity contribution in [3.8, 4) is 11.5 Å². The molecule has 0 radical (unpaired) electrons. The first-order valence-electron chi connectivity index (χ1n) is 9.45. The van der Waals surface area contributed by atoms with Gasteiger partial charge in [-0.1, -0.05) is 11.3 Å². The van der Waals surface area contributed by atoms with E-state index in [-0.39, 0.29) is 11.9 Å². The summed E-state index contributed by atoms with van der Waals surface area (Å²) in [4.78, 5) is 17.9. The van der Waals surface area contributed by atoms with Crippen molar-refractivity contribution in [1.82, 2.24) is 14.3 Å². The van der Waals surface area contributed by atoms with Crippen LogP contribution in [0.4, 0.5) is 0 Å². The van der Waals surface area contributed by atoms with Crippen LogP contribution in [0.5, 0.6) is 11.5 Å². The van der Waals surface area contributed by atoms with Gasteiger partial charge in [0.05, 0.1) is 31.0 Å². The Morgan fingerprint density at radius 2 is 1.97 bits per heavy atom. The Morgan fingerprint density at radius 3 is 2.62 bits per heavy atom. The van der Waals surface area contributed by atoms with Gasteiger partial charge >= 0.3 is 0 Å². The molecule has 0 aliphatic rings. The summed E-state index contributed by atoms with van der Waals surface area (Å²) in [5.41, 5.74) is 1.38. The van der Waals surface area contributed by atoms with E-state index in [1.165, 1.54) is 11.3 Å². The van der Waals surface area contributed by atoms with Gasteiger partial charge in [0.15, 0.2) is 16.3 Å². The summed E-state index contributed by atoms with van der Waals surface area (Å²) in [6.07, 6.45) is 1.62. The fraction of sp³-hybridized carbons (Fsp3) is 0.450. The maximum atomic E-state index is 12.9. The standard InChI is InChI=1S/C20H26N4O4S/c1-6-28-10-9-23-15-11-16(26-4)17(27-5)12-18(15)29-20(23)22-19(25)14-7-8-21-24(14)13(2)3/h7-8,11-13H,6,9-10H2,1-5H3. The highest BCUT2D eigenvalue weighted by Crippen LogP contribution is 2.33. The molecule has 2 heterocycles. The summed E-state index contributed by atoms with van der Waals surface area (Å²) >= 11 is 1.43. The van der Waals surface area contributed by atoms with Crippen molar-refractivity contribution in [2.45, 2.75) is 33.4 Å². The number of methoxy groups -OCH3 is 2. The zero-order valence-corrected chi connectivity index (χ0v) is 18.2. The van der Waals surface area contributed by atoms with Gasteiger partial charge in [-0.2, -0.15) is 10.1 Å². The first-order valence-corrected chi connectivity index (χ1v) is 10.3. The first kappa shape index (κ1) is 21.1. The number of nitrogens with zero attached hydrogens (tertiary/aromatic N) is 4. The molecule has 0 unspecified atom stereocenters. The number of benzene rings is 1. The van der Waals surface area contributed by atoms with Crippen molar-refractivity contribution in [3.05, 3.63) is 34.9 Å². The number of thiazole rings is 1. The predicted octanol–water partition coefficient (Wildman–Crippen LogP) is 3.28. The number of aromatic nitrogens is 3. The third kappa shape index (κ3) is 4.35. The molecule has 156 valence electrons. The summed E-state index contributed by atoms with van der Waals surface area (Å²) in [5, 5.41) is 4.23. The van der Waals surface area contributed by atoms with E-state index in [4.69, 9.17) is 14.2 Å². The lowest BCUT2D eigenvalue weighted by molar-refractivity contribution is 0.0984. The smallest absolute Gasteiger partial charge is 0.297 e. The van der Waals surface area contributed by atoms with E-state index in [0.717, 1.165) is 10.2 Å². The molecule has 0 saturated heterocycles. The molecule has 0 aliphatic carbocycles. The number of carbonyl (C=O) groups is 1. The topological polar surface area (TPSA) is 79.9 Å². The maximum Gasteiger partial charge on any atom is 0.297 e. The largest absolute Gasteiger partial charge is 0.493 e. The van der Waals surface area contributed by atoms with Gasteiger partial charge in [-0.05, 0) is 26.8 Å². The fourth-order valence-electron chi connectivity index (χ4n) is 3.04. The SMILES string of the molecule is CCOCCn1c(=NC(=O)c2ccnn2C(C)C)sc2cc(OC)c(OC)cc21. The average molecular weight is 419 g/mol. The van der Waals surface area contributed by atoms with E-state index in [1.54, 1.807) is 31.2 Å². The van der Waals surface area contributed by atoms with Crippen LogP contribution in [-0.2, 0) is 11.3 Å². The number of amides is 1. The third-order valence-corrected chi connectivity index (χ3v) is 5.47. The van der Waals surface area contributed by atoms with Crippen LogP contribution >= 0.6 is 11.3 Å². The zero-order valence-electron chi connectivity index (χ0n) is 17.3. The maximum absolute atomic E-state index is 12.9. The van der Waals surface area contributed by atoms with Crippen molar-refractivity contribution in [2.24, 2.45) is 4.99 Å². The summed E-state index contributed by atoms with van der Waals surface area (Å²) in [7, 11) is 3.20. The summed E-state index contributed by atoms with van der Waals surface area (Å²) in [6.45, 7) is 7.61. The normalized spacial score (nSPS) is 12.1. The zero-order chi connectivity index (χ0) is 21.0. The minimum Gasteiger partial charge on any atom is -0.493 e. The Morgan fingerprint density at radius 1 is 1.24 bits per heavy atom. The molecule has 0 N–H and O–H groups in total. The minimum absolute atomic E-state index is 0.0696. The van der Waals surface area contributed by atoms with Gasteiger partial charge in [0.2, 0.25) is 0 Å². The second-order valence-corrected chi connectivity index (χ2v) is 7.59. The second-order valence-electron chi connectivity index (χ2n) is 6.58. The lowest BCUT2D eigenvalue weighted by atomic mass is 10.3. The number of rotatable bonds is 8. The van der Waals surface area contributed by atoms with Gasteiger partial charge < -0.3 is 18.8 Å². The van der Waals surface area contributed by atoms with Gasteiger partial charge in [-0.25, -0.2) is 0 Å². The van der Waals surface area contributed by atoms with Crippen LogP contribution in [0.1, 0.15) is 37.3 Å². The highest BCUT2D eigenvalue weighted by molar-refractivity contribution is 7.16. The highest BCUT2D eigenvalue weighted by Gasteiger charge is 2.16. The summed E-state index contributed by atoms with van der Waals surface area (Å²) in [5.74, 6) is 0.930. The molecule has 3 aromatic rings. The molecule has 3 rings (SSSR count). The van der Waals surface area contributed by atoms with Crippen LogP contribution < -0.4 is 14.3 Å². The van der Waals surface area contributed by atoms with Crippen LogP contribution in [-0.4, -0.2) is 47.7 Å². The second kappa shape index (κ2) is 9.23. The van der Waals surface area contributed by atoms with Crippen LogP contribution in [0.25, 0.3) is 10.2 Å². The molecule has 0 bridgehead atoms.